The van der Waals surface area contributed by atoms with Gasteiger partial charge in [-0.2, -0.15) is 4.98 Å². The molecule has 2 aliphatic heterocycles. The minimum Gasteiger partial charge on any atom is -0.339 e. The van der Waals surface area contributed by atoms with Crippen molar-refractivity contribution in [2.45, 2.75) is 45.1 Å². The van der Waals surface area contributed by atoms with Crippen LogP contribution < -0.4 is 4.90 Å². The molecule has 25 heavy (non-hydrogen) atoms. The number of anilines is 1. The molecule has 0 N–H and O–H groups in total. The number of rotatable bonds is 4. The Labute approximate surface area is 147 Å². The summed E-state index contributed by atoms with van der Waals surface area (Å²) >= 11 is 0. The molecule has 1 aromatic carbocycles. The summed E-state index contributed by atoms with van der Waals surface area (Å²) < 4.78 is 5.35. The molecule has 0 saturated carbocycles. The number of amides is 1. The largest absolute Gasteiger partial charge is 0.339 e. The van der Waals surface area contributed by atoms with Gasteiger partial charge in [0.25, 0.3) is 0 Å². The number of nitrogens with zero attached hydrogens (tertiary/aromatic N) is 4. The lowest BCUT2D eigenvalue weighted by Crippen LogP contribution is -2.39. The van der Waals surface area contributed by atoms with E-state index in [1.807, 2.05) is 36.9 Å². The lowest BCUT2D eigenvalue weighted by atomic mass is 10.2. The van der Waals surface area contributed by atoms with E-state index in [-0.39, 0.29) is 17.9 Å². The maximum Gasteiger partial charge on any atom is 0.241 e. The number of para-hydroxylation sites is 1. The van der Waals surface area contributed by atoms with Crippen molar-refractivity contribution < 1.29 is 9.32 Å². The second-order valence-electron chi connectivity index (χ2n) is 7.20. The zero-order chi connectivity index (χ0) is 17.4. The van der Waals surface area contributed by atoms with Gasteiger partial charge in [-0.1, -0.05) is 37.2 Å². The van der Waals surface area contributed by atoms with E-state index in [9.17, 15) is 4.79 Å². The smallest absolute Gasteiger partial charge is 0.241 e. The first-order chi connectivity index (χ1) is 12.1. The van der Waals surface area contributed by atoms with E-state index in [0.29, 0.717) is 12.4 Å². The van der Waals surface area contributed by atoms with E-state index in [2.05, 4.69) is 21.1 Å². The van der Waals surface area contributed by atoms with E-state index < -0.39 is 0 Å². The monoisotopic (exact) mass is 340 g/mol. The summed E-state index contributed by atoms with van der Waals surface area (Å²) in [7, 11) is 0. The molecule has 1 amide bonds. The molecule has 132 valence electrons. The van der Waals surface area contributed by atoms with Crippen molar-refractivity contribution in [3.05, 3.63) is 41.5 Å². The van der Waals surface area contributed by atoms with Crippen molar-refractivity contribution in [2.24, 2.45) is 0 Å². The average Bonchev–Trinajstić information content (AvgIpc) is 3.33. The molecule has 1 saturated heterocycles. The zero-order valence-corrected chi connectivity index (χ0v) is 14.8. The fraction of sp³-hybridized carbons (Fsp3) is 0.526. The van der Waals surface area contributed by atoms with E-state index in [1.165, 1.54) is 5.56 Å². The van der Waals surface area contributed by atoms with E-state index in [0.717, 1.165) is 43.9 Å². The van der Waals surface area contributed by atoms with Crippen LogP contribution >= 0.6 is 0 Å². The molecule has 0 unspecified atom stereocenters. The standard InChI is InChI=1S/C19H24N4O2/c1-13(2)19-20-18(21-25-19)16-8-5-10-22(16)12-17(24)23-11-9-14-6-3-4-7-15(14)23/h3-4,6-7,13,16H,5,8-12H2,1-2H3/t16-/m1/s1. The third-order valence-electron chi connectivity index (χ3n) is 5.14. The van der Waals surface area contributed by atoms with E-state index in [4.69, 9.17) is 4.52 Å². The highest BCUT2D eigenvalue weighted by molar-refractivity contribution is 5.96. The van der Waals surface area contributed by atoms with Gasteiger partial charge in [-0.3, -0.25) is 9.69 Å². The number of carbonyl (C=O) groups is 1. The first-order valence-electron chi connectivity index (χ1n) is 9.09. The van der Waals surface area contributed by atoms with Crippen molar-refractivity contribution in [3.8, 4) is 0 Å². The third kappa shape index (κ3) is 3.06. The highest BCUT2D eigenvalue weighted by Gasteiger charge is 2.33. The Morgan fingerprint density at radius 3 is 2.96 bits per heavy atom. The van der Waals surface area contributed by atoms with Crippen LogP contribution in [0.25, 0.3) is 0 Å². The summed E-state index contributed by atoms with van der Waals surface area (Å²) in [6, 6.07) is 8.25. The highest BCUT2D eigenvalue weighted by Crippen LogP contribution is 2.32. The highest BCUT2D eigenvalue weighted by atomic mass is 16.5. The molecular formula is C19H24N4O2. The summed E-state index contributed by atoms with van der Waals surface area (Å²) in [6.07, 6.45) is 2.97. The van der Waals surface area contributed by atoms with Gasteiger partial charge in [0.05, 0.1) is 12.6 Å². The molecule has 1 fully saturated rings. The number of likely N-dealkylation sites (tertiary alicyclic amines) is 1. The number of benzene rings is 1. The minimum atomic E-state index is 0.0815. The van der Waals surface area contributed by atoms with Crippen LogP contribution in [0.15, 0.2) is 28.8 Å². The fourth-order valence-corrected chi connectivity index (χ4v) is 3.78. The maximum atomic E-state index is 12.9. The molecule has 2 aromatic rings. The minimum absolute atomic E-state index is 0.0815. The van der Waals surface area contributed by atoms with Gasteiger partial charge in [-0.05, 0) is 37.4 Å². The molecule has 1 atom stereocenters. The first-order valence-corrected chi connectivity index (χ1v) is 9.09. The molecule has 4 rings (SSSR count). The topological polar surface area (TPSA) is 62.5 Å². The van der Waals surface area contributed by atoms with Gasteiger partial charge in [0.1, 0.15) is 0 Å². The van der Waals surface area contributed by atoms with Crippen LogP contribution in [0.5, 0.6) is 0 Å². The van der Waals surface area contributed by atoms with Crippen LogP contribution in [0.3, 0.4) is 0 Å². The van der Waals surface area contributed by atoms with E-state index >= 15 is 0 Å². The van der Waals surface area contributed by atoms with Crippen LogP contribution in [0.1, 0.15) is 55.9 Å². The predicted molar refractivity (Wildman–Crippen MR) is 94.4 cm³/mol. The van der Waals surface area contributed by atoms with Crippen LogP contribution in [0.4, 0.5) is 5.69 Å². The van der Waals surface area contributed by atoms with Crippen LogP contribution in [-0.4, -0.2) is 40.6 Å². The molecule has 0 bridgehead atoms. The normalized spacial score (nSPS) is 20.4. The molecule has 3 heterocycles. The third-order valence-corrected chi connectivity index (χ3v) is 5.14. The van der Waals surface area contributed by atoms with Gasteiger partial charge in [0, 0.05) is 18.2 Å². The average molecular weight is 340 g/mol. The Bertz CT molecular complexity index is 770. The first kappa shape index (κ1) is 16.3. The predicted octanol–water partition coefficient (Wildman–Crippen LogP) is 2.92. The quantitative estimate of drug-likeness (QED) is 0.856. The summed E-state index contributed by atoms with van der Waals surface area (Å²) in [6.45, 7) is 6.16. The molecular weight excluding hydrogens is 316 g/mol. The summed E-state index contributed by atoms with van der Waals surface area (Å²) in [5, 5.41) is 4.16. The zero-order valence-electron chi connectivity index (χ0n) is 14.8. The van der Waals surface area contributed by atoms with Gasteiger partial charge in [0.15, 0.2) is 5.82 Å². The van der Waals surface area contributed by atoms with Crippen LogP contribution in [-0.2, 0) is 11.2 Å². The Morgan fingerprint density at radius 2 is 2.16 bits per heavy atom. The van der Waals surface area contributed by atoms with Gasteiger partial charge in [-0.25, -0.2) is 0 Å². The van der Waals surface area contributed by atoms with Crippen molar-refractivity contribution >= 4 is 11.6 Å². The number of fused-ring (bicyclic) bond motifs is 1. The van der Waals surface area contributed by atoms with Crippen molar-refractivity contribution in [1.29, 1.82) is 0 Å². The van der Waals surface area contributed by atoms with Crippen molar-refractivity contribution in [3.63, 3.8) is 0 Å². The van der Waals surface area contributed by atoms with Crippen LogP contribution in [0, 0.1) is 0 Å². The van der Waals surface area contributed by atoms with Gasteiger partial charge in [0.2, 0.25) is 11.8 Å². The summed E-state index contributed by atoms with van der Waals surface area (Å²) in [5.74, 6) is 1.76. The molecule has 0 aliphatic carbocycles. The Kier molecular flexibility index (Phi) is 4.29. The molecule has 0 spiro atoms. The molecule has 0 radical (unpaired) electrons. The summed E-state index contributed by atoms with van der Waals surface area (Å²) in [4.78, 5) is 21.5. The second-order valence-corrected chi connectivity index (χ2v) is 7.20. The molecule has 6 heteroatoms. The maximum absolute atomic E-state index is 12.9. The number of hydrogen-bond acceptors (Lipinski definition) is 5. The number of carbonyl (C=O) groups excluding carboxylic acids is 1. The number of hydrogen-bond donors (Lipinski definition) is 0. The lowest BCUT2D eigenvalue weighted by Gasteiger charge is -2.25. The van der Waals surface area contributed by atoms with Crippen molar-refractivity contribution in [2.75, 3.05) is 24.5 Å². The lowest BCUT2D eigenvalue weighted by molar-refractivity contribution is -0.119. The second kappa shape index (κ2) is 6.59. The van der Waals surface area contributed by atoms with E-state index in [1.54, 1.807) is 0 Å². The Hall–Kier alpha value is -2.21. The van der Waals surface area contributed by atoms with Gasteiger partial charge in [-0.15, -0.1) is 0 Å². The SMILES string of the molecule is CC(C)c1nc([C@H]2CCCN2CC(=O)N2CCc3ccccc32)no1. The van der Waals surface area contributed by atoms with Crippen LogP contribution in [0.2, 0.25) is 0 Å². The van der Waals surface area contributed by atoms with Gasteiger partial charge < -0.3 is 9.42 Å². The Balaban J connectivity index is 1.47. The molecule has 1 aromatic heterocycles. The fourth-order valence-electron chi connectivity index (χ4n) is 3.78. The molecule has 6 nitrogen and oxygen atoms in total. The number of aromatic nitrogens is 2. The molecule has 2 aliphatic rings. The Morgan fingerprint density at radius 1 is 1.32 bits per heavy atom. The van der Waals surface area contributed by atoms with Crippen molar-refractivity contribution in [1.82, 2.24) is 15.0 Å². The summed E-state index contributed by atoms with van der Waals surface area (Å²) in [5.41, 5.74) is 2.32. The van der Waals surface area contributed by atoms with Gasteiger partial charge >= 0.3 is 0 Å².